The number of carbonyl (C=O) groups is 1. The van der Waals surface area contributed by atoms with Crippen molar-refractivity contribution in [2.24, 2.45) is 0 Å². The monoisotopic (exact) mass is 297 g/mol. The van der Waals surface area contributed by atoms with Gasteiger partial charge in [0.05, 0.1) is 23.2 Å². The summed E-state index contributed by atoms with van der Waals surface area (Å²) in [5.41, 5.74) is 0.488. The first-order valence-electron chi connectivity index (χ1n) is 6.01. The number of nitrogens with one attached hydrogen (secondary N) is 1. The maximum atomic E-state index is 12.2. The Bertz CT molecular complexity index is 523. The van der Waals surface area contributed by atoms with Gasteiger partial charge in [0.2, 0.25) is 0 Å². The minimum atomic E-state index is -0.234. The van der Waals surface area contributed by atoms with Crippen molar-refractivity contribution in [1.82, 2.24) is 4.90 Å². The molecule has 0 aliphatic heterocycles. The van der Waals surface area contributed by atoms with Crippen molar-refractivity contribution in [2.75, 3.05) is 11.9 Å². The summed E-state index contributed by atoms with van der Waals surface area (Å²) in [6, 6.07) is 6.96. The van der Waals surface area contributed by atoms with E-state index in [9.17, 15) is 4.79 Å². The van der Waals surface area contributed by atoms with E-state index in [1.54, 1.807) is 23.1 Å². The van der Waals surface area contributed by atoms with Gasteiger partial charge in [-0.05, 0) is 31.0 Å². The van der Waals surface area contributed by atoms with Crippen molar-refractivity contribution in [3.8, 4) is 6.07 Å². The second-order valence-corrected chi connectivity index (χ2v) is 5.23. The van der Waals surface area contributed by atoms with Crippen molar-refractivity contribution in [3.63, 3.8) is 0 Å². The van der Waals surface area contributed by atoms with Crippen molar-refractivity contribution in [2.45, 2.75) is 25.3 Å². The number of nitrogens with zero attached hydrogens (tertiary/aromatic N) is 2. The van der Waals surface area contributed by atoms with Gasteiger partial charge in [0, 0.05) is 17.6 Å². The van der Waals surface area contributed by atoms with E-state index < -0.39 is 0 Å². The van der Waals surface area contributed by atoms with Crippen molar-refractivity contribution >= 4 is 34.9 Å². The van der Waals surface area contributed by atoms with E-state index in [2.05, 4.69) is 11.4 Å². The maximum Gasteiger partial charge on any atom is 0.322 e. The molecule has 0 bridgehead atoms. The third-order valence-corrected chi connectivity index (χ3v) is 3.45. The van der Waals surface area contributed by atoms with Crippen LogP contribution in [0.1, 0.15) is 19.3 Å². The number of rotatable bonds is 4. The Labute approximate surface area is 121 Å². The highest BCUT2D eigenvalue weighted by Gasteiger charge is 2.32. The lowest BCUT2D eigenvalue weighted by Crippen LogP contribution is -2.37. The number of hydrogen-bond donors (Lipinski definition) is 1. The predicted molar refractivity (Wildman–Crippen MR) is 75.4 cm³/mol. The summed E-state index contributed by atoms with van der Waals surface area (Å²) in [5.74, 6) is 0. The highest BCUT2D eigenvalue weighted by atomic mass is 35.5. The Kier molecular flexibility index (Phi) is 4.52. The smallest absolute Gasteiger partial charge is 0.321 e. The molecule has 4 nitrogen and oxygen atoms in total. The van der Waals surface area contributed by atoms with Crippen molar-refractivity contribution < 1.29 is 4.79 Å². The quantitative estimate of drug-likeness (QED) is 0.916. The largest absolute Gasteiger partial charge is 0.322 e. The van der Waals surface area contributed by atoms with Crippen LogP contribution in [0.5, 0.6) is 0 Å². The number of nitriles is 1. The van der Waals surface area contributed by atoms with Gasteiger partial charge in [0.25, 0.3) is 0 Å². The fraction of sp³-hybridized carbons (Fsp3) is 0.385. The van der Waals surface area contributed by atoms with Crippen LogP contribution in [0, 0.1) is 11.3 Å². The Balaban J connectivity index is 2.06. The SMILES string of the molecule is N#CCCN(C(=O)Nc1cc(Cl)ccc1Cl)C1CC1. The van der Waals surface area contributed by atoms with Crippen LogP contribution in [0.4, 0.5) is 10.5 Å². The number of amides is 2. The molecule has 1 fully saturated rings. The number of halogens is 2. The van der Waals surface area contributed by atoms with E-state index in [0.29, 0.717) is 28.7 Å². The summed E-state index contributed by atoms with van der Waals surface area (Å²) < 4.78 is 0. The fourth-order valence-corrected chi connectivity index (χ4v) is 2.12. The van der Waals surface area contributed by atoms with Crippen LogP contribution in [0.3, 0.4) is 0 Å². The second kappa shape index (κ2) is 6.14. The molecule has 1 aliphatic rings. The second-order valence-electron chi connectivity index (χ2n) is 4.39. The van der Waals surface area contributed by atoms with Gasteiger partial charge in [0.1, 0.15) is 0 Å². The fourth-order valence-electron chi connectivity index (χ4n) is 1.79. The van der Waals surface area contributed by atoms with E-state index in [-0.39, 0.29) is 12.1 Å². The lowest BCUT2D eigenvalue weighted by molar-refractivity contribution is 0.210. The van der Waals surface area contributed by atoms with Crippen LogP contribution in [0.25, 0.3) is 0 Å². The molecule has 0 radical (unpaired) electrons. The average molecular weight is 298 g/mol. The molecule has 0 saturated heterocycles. The zero-order valence-corrected chi connectivity index (χ0v) is 11.7. The van der Waals surface area contributed by atoms with Gasteiger partial charge in [-0.1, -0.05) is 23.2 Å². The molecular formula is C13H13Cl2N3O. The molecule has 0 atom stereocenters. The predicted octanol–water partition coefficient (Wildman–Crippen LogP) is 3.90. The minimum Gasteiger partial charge on any atom is -0.321 e. The number of urea groups is 1. The highest BCUT2D eigenvalue weighted by Crippen LogP contribution is 2.29. The zero-order valence-electron chi connectivity index (χ0n) is 10.2. The highest BCUT2D eigenvalue weighted by molar-refractivity contribution is 6.35. The first-order valence-corrected chi connectivity index (χ1v) is 6.77. The summed E-state index contributed by atoms with van der Waals surface area (Å²) in [6.07, 6.45) is 2.30. The van der Waals surface area contributed by atoms with Crippen molar-refractivity contribution in [1.29, 1.82) is 5.26 Å². The molecule has 0 heterocycles. The molecule has 1 saturated carbocycles. The molecule has 1 aromatic rings. The van der Waals surface area contributed by atoms with E-state index in [1.807, 2.05) is 0 Å². The van der Waals surface area contributed by atoms with E-state index in [0.717, 1.165) is 12.8 Å². The molecule has 2 rings (SSSR count). The number of hydrogen-bond acceptors (Lipinski definition) is 2. The number of benzene rings is 1. The van der Waals surface area contributed by atoms with E-state index in [1.165, 1.54) is 0 Å². The van der Waals surface area contributed by atoms with E-state index in [4.69, 9.17) is 28.5 Å². The summed E-state index contributed by atoms with van der Waals surface area (Å²) in [4.78, 5) is 13.8. The minimum absolute atomic E-state index is 0.234. The summed E-state index contributed by atoms with van der Waals surface area (Å²) in [5, 5.41) is 12.3. The zero-order chi connectivity index (χ0) is 13.8. The van der Waals surface area contributed by atoms with Gasteiger partial charge in [0.15, 0.2) is 0 Å². The lowest BCUT2D eigenvalue weighted by Gasteiger charge is -2.22. The van der Waals surface area contributed by atoms with Gasteiger partial charge in [-0.3, -0.25) is 0 Å². The molecule has 0 aromatic heterocycles. The van der Waals surface area contributed by atoms with Crippen LogP contribution in [0.2, 0.25) is 10.0 Å². The molecule has 6 heteroatoms. The standard InChI is InChI=1S/C13H13Cl2N3O/c14-9-2-5-11(15)12(8-9)17-13(19)18(7-1-6-16)10-3-4-10/h2,5,8,10H,1,3-4,7H2,(H,17,19). The average Bonchev–Trinajstić information content (AvgIpc) is 3.19. The Hall–Kier alpha value is -1.44. The van der Waals surface area contributed by atoms with Crippen LogP contribution in [0.15, 0.2) is 18.2 Å². The third-order valence-electron chi connectivity index (χ3n) is 2.88. The molecule has 1 N–H and O–H groups in total. The van der Waals surface area contributed by atoms with Crippen LogP contribution < -0.4 is 5.32 Å². The Morgan fingerprint density at radius 1 is 1.47 bits per heavy atom. The van der Waals surface area contributed by atoms with Crippen LogP contribution in [-0.4, -0.2) is 23.5 Å². The van der Waals surface area contributed by atoms with Crippen molar-refractivity contribution in [3.05, 3.63) is 28.2 Å². The molecule has 0 spiro atoms. The van der Waals surface area contributed by atoms with Gasteiger partial charge in [-0.15, -0.1) is 0 Å². The summed E-state index contributed by atoms with van der Waals surface area (Å²) >= 11 is 11.9. The van der Waals surface area contributed by atoms with E-state index >= 15 is 0 Å². The van der Waals surface area contributed by atoms with Gasteiger partial charge < -0.3 is 10.2 Å². The molecule has 1 aliphatic carbocycles. The molecule has 2 amide bonds. The maximum absolute atomic E-state index is 12.2. The first kappa shape index (κ1) is 14.0. The van der Waals surface area contributed by atoms with Crippen LogP contribution in [-0.2, 0) is 0 Å². The Morgan fingerprint density at radius 2 is 2.21 bits per heavy atom. The van der Waals surface area contributed by atoms with Crippen LogP contribution >= 0.6 is 23.2 Å². The first-order chi connectivity index (χ1) is 9.11. The number of carbonyl (C=O) groups excluding carboxylic acids is 1. The molecule has 1 aromatic carbocycles. The molecular weight excluding hydrogens is 285 g/mol. The molecule has 0 unspecified atom stereocenters. The summed E-state index contributed by atoms with van der Waals surface area (Å²) in [7, 11) is 0. The van der Waals surface area contributed by atoms with Gasteiger partial charge in [-0.25, -0.2) is 4.79 Å². The molecule has 19 heavy (non-hydrogen) atoms. The van der Waals surface area contributed by atoms with Gasteiger partial charge in [-0.2, -0.15) is 5.26 Å². The normalized spacial score (nSPS) is 13.7. The molecule has 100 valence electrons. The number of anilines is 1. The topological polar surface area (TPSA) is 56.1 Å². The Morgan fingerprint density at radius 3 is 2.84 bits per heavy atom. The third kappa shape index (κ3) is 3.76. The summed E-state index contributed by atoms with van der Waals surface area (Å²) in [6.45, 7) is 0.436. The lowest BCUT2D eigenvalue weighted by atomic mass is 10.3. The van der Waals surface area contributed by atoms with Gasteiger partial charge >= 0.3 is 6.03 Å².